The summed E-state index contributed by atoms with van der Waals surface area (Å²) in [5, 5.41) is 17.6. The first-order chi connectivity index (χ1) is 10.2. The molecule has 0 atom stereocenters. The highest BCUT2D eigenvalue weighted by atomic mass is 16.5. The SMILES string of the molecule is COc1cc(C(=O)O)ccc1OCCCCCCCCO. The molecule has 0 aliphatic carbocycles. The molecule has 0 spiro atoms. The van der Waals surface area contributed by atoms with Crippen molar-refractivity contribution < 1.29 is 24.5 Å². The third kappa shape index (κ3) is 6.49. The molecule has 5 heteroatoms. The first kappa shape index (κ1) is 17.3. The molecule has 118 valence electrons. The van der Waals surface area contributed by atoms with Gasteiger partial charge in [-0.05, 0) is 31.0 Å². The van der Waals surface area contributed by atoms with Gasteiger partial charge in [-0.2, -0.15) is 0 Å². The maximum absolute atomic E-state index is 10.9. The molecule has 0 saturated heterocycles. The highest BCUT2D eigenvalue weighted by Gasteiger charge is 2.09. The predicted octanol–water partition coefficient (Wildman–Crippen LogP) is 3.11. The first-order valence-corrected chi connectivity index (χ1v) is 7.34. The molecule has 0 aliphatic heterocycles. The summed E-state index contributed by atoms with van der Waals surface area (Å²) in [6, 6.07) is 4.60. The van der Waals surface area contributed by atoms with Crippen molar-refractivity contribution in [2.24, 2.45) is 0 Å². The molecule has 1 aromatic rings. The van der Waals surface area contributed by atoms with Crippen LogP contribution in [0.5, 0.6) is 11.5 Å². The van der Waals surface area contributed by atoms with Crippen molar-refractivity contribution in [3.8, 4) is 11.5 Å². The third-order valence-electron chi connectivity index (χ3n) is 3.22. The van der Waals surface area contributed by atoms with E-state index in [0.29, 0.717) is 18.1 Å². The number of aromatic carboxylic acids is 1. The maximum Gasteiger partial charge on any atom is 0.335 e. The highest BCUT2D eigenvalue weighted by molar-refractivity contribution is 5.88. The number of aliphatic hydroxyl groups excluding tert-OH is 1. The fraction of sp³-hybridized carbons (Fsp3) is 0.562. The second-order valence-electron chi connectivity index (χ2n) is 4.86. The van der Waals surface area contributed by atoms with Crippen LogP contribution in [0.2, 0.25) is 0 Å². The molecule has 0 saturated carbocycles. The van der Waals surface area contributed by atoms with E-state index in [-0.39, 0.29) is 12.2 Å². The van der Waals surface area contributed by atoms with Crippen LogP contribution in [0.4, 0.5) is 0 Å². The van der Waals surface area contributed by atoms with Gasteiger partial charge in [0.05, 0.1) is 19.3 Å². The summed E-state index contributed by atoms with van der Waals surface area (Å²) in [6.45, 7) is 0.859. The molecular formula is C16H24O5. The number of hydrogen-bond donors (Lipinski definition) is 2. The fourth-order valence-corrected chi connectivity index (χ4v) is 2.02. The van der Waals surface area contributed by atoms with Crippen LogP contribution in [0.15, 0.2) is 18.2 Å². The Morgan fingerprint density at radius 2 is 1.71 bits per heavy atom. The number of carboxylic acid groups (broad SMARTS) is 1. The number of benzene rings is 1. The molecule has 1 rings (SSSR count). The standard InChI is InChI=1S/C16H24O5/c1-20-15-12-13(16(18)19)8-9-14(15)21-11-7-5-3-2-4-6-10-17/h8-9,12,17H,2-7,10-11H2,1H3,(H,18,19). The molecule has 0 unspecified atom stereocenters. The van der Waals surface area contributed by atoms with E-state index in [9.17, 15) is 4.79 Å². The van der Waals surface area contributed by atoms with Crippen molar-refractivity contribution in [2.75, 3.05) is 20.3 Å². The van der Waals surface area contributed by atoms with E-state index in [1.807, 2.05) is 0 Å². The van der Waals surface area contributed by atoms with Crippen molar-refractivity contribution in [3.63, 3.8) is 0 Å². The molecule has 0 aliphatic rings. The highest BCUT2D eigenvalue weighted by Crippen LogP contribution is 2.28. The van der Waals surface area contributed by atoms with Crippen LogP contribution in [0.25, 0.3) is 0 Å². The minimum Gasteiger partial charge on any atom is -0.493 e. The monoisotopic (exact) mass is 296 g/mol. The largest absolute Gasteiger partial charge is 0.493 e. The zero-order valence-corrected chi connectivity index (χ0v) is 12.5. The summed E-state index contributed by atoms with van der Waals surface area (Å²) in [5.41, 5.74) is 0.183. The summed E-state index contributed by atoms with van der Waals surface area (Å²) in [6.07, 6.45) is 6.25. The zero-order valence-electron chi connectivity index (χ0n) is 12.5. The Hall–Kier alpha value is -1.75. The van der Waals surface area contributed by atoms with E-state index >= 15 is 0 Å². The molecule has 2 N–H and O–H groups in total. The quantitative estimate of drug-likeness (QED) is 0.614. The van der Waals surface area contributed by atoms with Gasteiger partial charge in [0.25, 0.3) is 0 Å². The predicted molar refractivity (Wildman–Crippen MR) is 80.2 cm³/mol. The van der Waals surface area contributed by atoms with Crippen molar-refractivity contribution in [3.05, 3.63) is 23.8 Å². The lowest BCUT2D eigenvalue weighted by Crippen LogP contribution is -2.02. The number of hydrogen-bond acceptors (Lipinski definition) is 4. The van der Waals surface area contributed by atoms with E-state index in [4.69, 9.17) is 19.7 Å². The molecule has 0 fully saturated rings. The topological polar surface area (TPSA) is 76.0 Å². The molecule has 0 radical (unpaired) electrons. The molecule has 1 aromatic carbocycles. The molecule has 0 bridgehead atoms. The molecule has 21 heavy (non-hydrogen) atoms. The molecule has 5 nitrogen and oxygen atoms in total. The van der Waals surface area contributed by atoms with Crippen molar-refractivity contribution in [1.82, 2.24) is 0 Å². The Morgan fingerprint density at radius 3 is 2.33 bits per heavy atom. The van der Waals surface area contributed by atoms with Crippen LogP contribution in [0.3, 0.4) is 0 Å². The zero-order chi connectivity index (χ0) is 15.5. The minimum absolute atomic E-state index is 0.183. The van der Waals surface area contributed by atoms with Gasteiger partial charge < -0.3 is 19.7 Å². The Bertz CT molecular complexity index is 431. The summed E-state index contributed by atoms with van der Waals surface area (Å²) in [7, 11) is 1.50. The lowest BCUT2D eigenvalue weighted by Gasteiger charge is -2.11. The average Bonchev–Trinajstić information content (AvgIpc) is 2.49. The van der Waals surface area contributed by atoms with Crippen LogP contribution in [0.1, 0.15) is 48.9 Å². The average molecular weight is 296 g/mol. The van der Waals surface area contributed by atoms with Crippen LogP contribution in [-0.2, 0) is 0 Å². The number of rotatable bonds is 11. The fourth-order valence-electron chi connectivity index (χ4n) is 2.02. The Labute approximate surface area is 125 Å². The minimum atomic E-state index is -0.984. The number of aliphatic hydroxyl groups is 1. The number of unbranched alkanes of at least 4 members (excludes halogenated alkanes) is 5. The number of ether oxygens (including phenoxy) is 2. The molecular weight excluding hydrogens is 272 g/mol. The van der Waals surface area contributed by atoms with Crippen molar-refractivity contribution in [1.29, 1.82) is 0 Å². The van der Waals surface area contributed by atoms with Crippen LogP contribution < -0.4 is 9.47 Å². The van der Waals surface area contributed by atoms with Gasteiger partial charge in [0, 0.05) is 6.61 Å². The van der Waals surface area contributed by atoms with Gasteiger partial charge >= 0.3 is 5.97 Å². The molecule has 0 aromatic heterocycles. The van der Waals surface area contributed by atoms with Gasteiger partial charge in [-0.1, -0.05) is 25.7 Å². The summed E-state index contributed by atoms with van der Waals surface area (Å²) in [4.78, 5) is 10.9. The lowest BCUT2D eigenvalue weighted by atomic mass is 10.1. The first-order valence-electron chi connectivity index (χ1n) is 7.34. The van der Waals surface area contributed by atoms with Crippen LogP contribution >= 0.6 is 0 Å². The summed E-state index contributed by atoms with van der Waals surface area (Å²) < 4.78 is 10.8. The smallest absolute Gasteiger partial charge is 0.335 e. The van der Waals surface area contributed by atoms with Gasteiger partial charge in [-0.15, -0.1) is 0 Å². The van der Waals surface area contributed by atoms with Gasteiger partial charge in [-0.25, -0.2) is 4.79 Å². The summed E-state index contributed by atoms with van der Waals surface area (Å²) in [5.74, 6) is 0.0309. The Balaban J connectivity index is 2.30. The molecule has 0 heterocycles. The van der Waals surface area contributed by atoms with Gasteiger partial charge in [0.15, 0.2) is 11.5 Å². The van der Waals surface area contributed by atoms with Gasteiger partial charge in [0.1, 0.15) is 0 Å². The Kier molecular flexibility index (Phi) is 8.28. The van der Waals surface area contributed by atoms with E-state index < -0.39 is 5.97 Å². The third-order valence-corrected chi connectivity index (χ3v) is 3.22. The second-order valence-corrected chi connectivity index (χ2v) is 4.86. The van der Waals surface area contributed by atoms with Crippen LogP contribution in [-0.4, -0.2) is 36.5 Å². The Morgan fingerprint density at radius 1 is 1.05 bits per heavy atom. The van der Waals surface area contributed by atoms with E-state index in [0.717, 1.165) is 38.5 Å². The number of carboxylic acids is 1. The van der Waals surface area contributed by atoms with Crippen molar-refractivity contribution >= 4 is 5.97 Å². The maximum atomic E-state index is 10.9. The van der Waals surface area contributed by atoms with E-state index in [2.05, 4.69) is 0 Å². The number of carbonyl (C=O) groups is 1. The summed E-state index contributed by atoms with van der Waals surface area (Å²) >= 11 is 0. The van der Waals surface area contributed by atoms with Crippen molar-refractivity contribution in [2.45, 2.75) is 38.5 Å². The molecule has 0 amide bonds. The lowest BCUT2D eigenvalue weighted by molar-refractivity contribution is 0.0696. The van der Waals surface area contributed by atoms with Gasteiger partial charge in [-0.3, -0.25) is 0 Å². The second kappa shape index (κ2) is 10.0. The normalized spacial score (nSPS) is 10.4. The van der Waals surface area contributed by atoms with E-state index in [1.54, 1.807) is 6.07 Å². The number of methoxy groups -OCH3 is 1. The van der Waals surface area contributed by atoms with Gasteiger partial charge in [0.2, 0.25) is 0 Å². The van der Waals surface area contributed by atoms with Crippen LogP contribution in [0, 0.1) is 0 Å². The van der Waals surface area contributed by atoms with E-state index in [1.165, 1.54) is 19.2 Å².